The van der Waals surface area contributed by atoms with Crippen molar-refractivity contribution in [1.82, 2.24) is 20.0 Å². The maximum atomic E-state index is 6.19. The van der Waals surface area contributed by atoms with Gasteiger partial charge in [0.25, 0.3) is 0 Å². The van der Waals surface area contributed by atoms with E-state index in [-0.39, 0.29) is 6.10 Å². The summed E-state index contributed by atoms with van der Waals surface area (Å²) >= 11 is 0. The normalized spacial score (nSPS) is 27.8. The fourth-order valence-electron chi connectivity index (χ4n) is 3.76. The van der Waals surface area contributed by atoms with Gasteiger partial charge in [0.2, 0.25) is 0 Å². The van der Waals surface area contributed by atoms with Crippen molar-refractivity contribution in [3.63, 3.8) is 0 Å². The zero-order valence-electron chi connectivity index (χ0n) is 13.5. The molecule has 0 spiro atoms. The van der Waals surface area contributed by atoms with Crippen molar-refractivity contribution in [2.45, 2.75) is 51.3 Å². The number of nitrogens with one attached hydrogen (secondary N) is 1. The number of aromatic nitrogens is 2. The molecular formula is C16H28N4O. The molecule has 0 radical (unpaired) electrons. The predicted molar refractivity (Wildman–Crippen MR) is 83.4 cm³/mol. The third-order valence-corrected chi connectivity index (χ3v) is 4.86. The zero-order chi connectivity index (χ0) is 14.8. The van der Waals surface area contributed by atoms with Crippen molar-refractivity contribution in [2.24, 2.45) is 7.05 Å². The number of rotatable bonds is 5. The quantitative estimate of drug-likeness (QED) is 0.883. The van der Waals surface area contributed by atoms with Crippen LogP contribution in [0.4, 0.5) is 0 Å². The van der Waals surface area contributed by atoms with Crippen LogP contribution >= 0.6 is 0 Å². The lowest BCUT2D eigenvalue weighted by Gasteiger charge is -2.39. The van der Waals surface area contributed by atoms with Crippen LogP contribution in [0, 0.1) is 6.92 Å². The lowest BCUT2D eigenvalue weighted by Crippen LogP contribution is -2.55. The van der Waals surface area contributed by atoms with E-state index in [2.05, 4.69) is 35.2 Å². The largest absolute Gasteiger partial charge is 0.374 e. The van der Waals surface area contributed by atoms with Gasteiger partial charge in [0.1, 0.15) is 0 Å². The van der Waals surface area contributed by atoms with E-state index in [9.17, 15) is 0 Å². The van der Waals surface area contributed by atoms with E-state index in [0.717, 1.165) is 31.8 Å². The summed E-state index contributed by atoms with van der Waals surface area (Å²) < 4.78 is 8.19. The molecule has 0 amide bonds. The second-order valence-electron chi connectivity index (χ2n) is 6.43. The number of aryl methyl sites for hydroxylation is 2. The highest BCUT2D eigenvalue weighted by molar-refractivity contribution is 5.11. The minimum atomic E-state index is 0.287. The maximum Gasteiger partial charge on any atom is 0.0859 e. The summed E-state index contributed by atoms with van der Waals surface area (Å²) in [6.07, 6.45) is 3.90. The maximum absolute atomic E-state index is 6.19. The van der Waals surface area contributed by atoms with Crippen molar-refractivity contribution >= 4 is 0 Å². The molecule has 0 bridgehead atoms. The smallest absolute Gasteiger partial charge is 0.0859 e. The molecule has 0 aliphatic carbocycles. The first-order chi connectivity index (χ1) is 10.2. The molecule has 2 fully saturated rings. The molecule has 1 N–H and O–H groups in total. The fourth-order valence-corrected chi connectivity index (χ4v) is 3.76. The number of likely N-dealkylation sites (N-methyl/N-ethyl adjacent to an activating group) is 1. The summed E-state index contributed by atoms with van der Waals surface area (Å²) in [5.74, 6) is 0. The monoisotopic (exact) mass is 292 g/mol. The zero-order valence-corrected chi connectivity index (χ0v) is 13.5. The van der Waals surface area contributed by atoms with Crippen LogP contribution in [0.2, 0.25) is 0 Å². The molecule has 2 saturated heterocycles. The van der Waals surface area contributed by atoms with Gasteiger partial charge < -0.3 is 10.1 Å². The van der Waals surface area contributed by atoms with E-state index in [0.29, 0.717) is 12.1 Å². The number of nitrogens with zero attached hydrogens (tertiary/aromatic N) is 3. The number of morpholine rings is 1. The highest BCUT2D eigenvalue weighted by atomic mass is 16.5. The Morgan fingerprint density at radius 3 is 3.10 bits per heavy atom. The molecule has 3 atom stereocenters. The Bertz CT molecular complexity index is 473. The Kier molecular flexibility index (Phi) is 4.62. The van der Waals surface area contributed by atoms with Crippen molar-refractivity contribution in [1.29, 1.82) is 0 Å². The topological polar surface area (TPSA) is 42.3 Å². The van der Waals surface area contributed by atoms with Crippen LogP contribution in [0.25, 0.3) is 0 Å². The summed E-state index contributed by atoms with van der Waals surface area (Å²) in [6, 6.07) is 3.22. The second-order valence-corrected chi connectivity index (χ2v) is 6.43. The van der Waals surface area contributed by atoms with E-state index in [1.165, 1.54) is 25.1 Å². The van der Waals surface area contributed by atoms with Gasteiger partial charge in [-0.1, -0.05) is 6.92 Å². The van der Waals surface area contributed by atoms with Gasteiger partial charge in [-0.3, -0.25) is 9.58 Å². The van der Waals surface area contributed by atoms with Gasteiger partial charge in [0.15, 0.2) is 0 Å². The van der Waals surface area contributed by atoms with Crippen LogP contribution < -0.4 is 5.32 Å². The number of hydrogen-bond donors (Lipinski definition) is 1. The van der Waals surface area contributed by atoms with Crippen molar-refractivity contribution in [3.8, 4) is 0 Å². The predicted octanol–water partition coefficient (Wildman–Crippen LogP) is 1.11. The summed E-state index contributed by atoms with van der Waals surface area (Å²) in [7, 11) is 2.03. The van der Waals surface area contributed by atoms with Gasteiger partial charge in [0.05, 0.1) is 18.4 Å². The minimum absolute atomic E-state index is 0.287. The van der Waals surface area contributed by atoms with Gasteiger partial charge in [0, 0.05) is 37.8 Å². The number of fused-ring (bicyclic) bond motifs is 1. The SMILES string of the molecule is CCNC(Cc1cc(C)nn1C)C1CN2CCCC2CO1. The number of ether oxygens (including phenoxy) is 1. The van der Waals surface area contributed by atoms with Crippen LogP contribution in [0.3, 0.4) is 0 Å². The highest BCUT2D eigenvalue weighted by Gasteiger charge is 2.35. The van der Waals surface area contributed by atoms with E-state index < -0.39 is 0 Å². The summed E-state index contributed by atoms with van der Waals surface area (Å²) in [5.41, 5.74) is 2.37. The van der Waals surface area contributed by atoms with E-state index >= 15 is 0 Å². The first-order valence-electron chi connectivity index (χ1n) is 8.26. The minimum Gasteiger partial charge on any atom is -0.374 e. The Morgan fingerprint density at radius 2 is 2.38 bits per heavy atom. The van der Waals surface area contributed by atoms with E-state index in [1.54, 1.807) is 0 Å². The molecule has 0 aromatic carbocycles. The second kappa shape index (κ2) is 6.46. The molecule has 3 rings (SSSR count). The number of hydrogen-bond acceptors (Lipinski definition) is 4. The lowest BCUT2D eigenvalue weighted by atomic mass is 10.0. The average molecular weight is 292 g/mol. The third kappa shape index (κ3) is 3.30. The van der Waals surface area contributed by atoms with Gasteiger partial charge >= 0.3 is 0 Å². The Labute approximate surface area is 127 Å². The van der Waals surface area contributed by atoms with Crippen molar-refractivity contribution < 1.29 is 4.74 Å². The fraction of sp³-hybridized carbons (Fsp3) is 0.812. The molecule has 118 valence electrons. The van der Waals surface area contributed by atoms with E-state index in [1.807, 2.05) is 11.7 Å². The van der Waals surface area contributed by atoms with Crippen LogP contribution in [0.5, 0.6) is 0 Å². The van der Waals surface area contributed by atoms with Gasteiger partial charge in [-0.25, -0.2) is 0 Å². The van der Waals surface area contributed by atoms with Gasteiger partial charge in [-0.05, 0) is 38.9 Å². The Hall–Kier alpha value is -0.910. The van der Waals surface area contributed by atoms with Crippen molar-refractivity contribution in [3.05, 3.63) is 17.5 Å². The third-order valence-electron chi connectivity index (χ3n) is 4.86. The van der Waals surface area contributed by atoms with Crippen LogP contribution in [0.1, 0.15) is 31.2 Å². The summed E-state index contributed by atoms with van der Waals surface area (Å²) in [5, 5.41) is 8.08. The average Bonchev–Trinajstić information content (AvgIpc) is 3.04. The van der Waals surface area contributed by atoms with Crippen LogP contribution in [0.15, 0.2) is 6.07 Å². The lowest BCUT2D eigenvalue weighted by molar-refractivity contribution is -0.0643. The molecule has 2 aliphatic heterocycles. The molecule has 1 aromatic heterocycles. The van der Waals surface area contributed by atoms with Crippen molar-refractivity contribution in [2.75, 3.05) is 26.2 Å². The standard InChI is InChI=1S/C16H28N4O/c1-4-17-15(9-14-8-12(2)18-19(14)3)16-10-20-7-5-6-13(20)11-21-16/h8,13,15-17H,4-7,9-11H2,1-3H3. The summed E-state index contributed by atoms with van der Waals surface area (Å²) in [4.78, 5) is 2.62. The molecule has 3 unspecified atom stereocenters. The Balaban J connectivity index is 1.67. The van der Waals surface area contributed by atoms with Crippen LogP contribution in [-0.2, 0) is 18.2 Å². The molecule has 21 heavy (non-hydrogen) atoms. The van der Waals surface area contributed by atoms with Gasteiger partial charge in [-0.2, -0.15) is 5.10 Å². The van der Waals surface area contributed by atoms with Gasteiger partial charge in [-0.15, -0.1) is 0 Å². The molecule has 0 saturated carbocycles. The summed E-state index contributed by atoms with van der Waals surface area (Å²) in [6.45, 7) is 8.41. The molecule has 5 nitrogen and oxygen atoms in total. The molecule has 5 heteroatoms. The highest BCUT2D eigenvalue weighted by Crippen LogP contribution is 2.24. The Morgan fingerprint density at radius 1 is 1.52 bits per heavy atom. The molecule has 3 heterocycles. The van der Waals surface area contributed by atoms with Crippen LogP contribution in [-0.4, -0.2) is 59.1 Å². The first kappa shape index (κ1) is 15.0. The molecular weight excluding hydrogens is 264 g/mol. The van der Waals surface area contributed by atoms with E-state index in [4.69, 9.17) is 4.74 Å². The first-order valence-corrected chi connectivity index (χ1v) is 8.26. The molecule has 1 aromatic rings. The molecule has 2 aliphatic rings.